The Morgan fingerprint density at radius 1 is 1.19 bits per heavy atom. The molecule has 2 aliphatic rings. The highest BCUT2D eigenvalue weighted by molar-refractivity contribution is 5.93. The van der Waals surface area contributed by atoms with Gasteiger partial charge in [-0.05, 0) is 24.3 Å². The lowest BCUT2D eigenvalue weighted by Gasteiger charge is -2.33. The van der Waals surface area contributed by atoms with E-state index in [0.29, 0.717) is 12.8 Å². The van der Waals surface area contributed by atoms with Crippen molar-refractivity contribution in [2.45, 2.75) is 56.5 Å². The summed E-state index contributed by atoms with van der Waals surface area (Å²) in [5.41, 5.74) is -3.10. The van der Waals surface area contributed by atoms with Crippen LogP contribution in [-0.4, -0.2) is 38.7 Å². The minimum atomic E-state index is -5.08. The van der Waals surface area contributed by atoms with Gasteiger partial charge in [0.25, 0.3) is 11.6 Å². The summed E-state index contributed by atoms with van der Waals surface area (Å²) in [6.45, 7) is 0. The molecular weight excluding hydrogens is 349 g/mol. The van der Waals surface area contributed by atoms with Crippen LogP contribution in [0.1, 0.15) is 50.2 Å². The molecule has 0 spiro atoms. The maximum Gasteiger partial charge on any atom is 0.438 e. The van der Waals surface area contributed by atoms with Gasteiger partial charge in [0, 0.05) is 12.1 Å². The standard InChI is InChI=1S/C18H21F3N2O3/c19-18(20,21)17(26)11-14(12-7-3-1-4-8-12)22-23(17)16(25)15(24)13-9-5-2-6-10-13/h2,5-6,9-10,12,15,24,26H,1,3-4,7-8,11H2/t15-,17+/m0/s1. The van der Waals surface area contributed by atoms with E-state index in [9.17, 15) is 28.2 Å². The Hall–Kier alpha value is -1.93. The first kappa shape index (κ1) is 18.8. The SMILES string of the molecule is O=C([C@@H](O)c1ccccc1)N1N=C(C2CCCCC2)C[C@@]1(O)C(F)(F)F. The Balaban J connectivity index is 1.91. The first-order chi connectivity index (χ1) is 12.2. The lowest BCUT2D eigenvalue weighted by Crippen LogP contribution is -2.57. The second kappa shape index (κ2) is 7.00. The van der Waals surface area contributed by atoms with Crippen molar-refractivity contribution in [3.05, 3.63) is 35.9 Å². The zero-order valence-corrected chi connectivity index (χ0v) is 14.1. The molecule has 5 nitrogen and oxygen atoms in total. The van der Waals surface area contributed by atoms with Crippen LogP contribution in [0.2, 0.25) is 0 Å². The van der Waals surface area contributed by atoms with Crippen molar-refractivity contribution in [1.82, 2.24) is 5.01 Å². The van der Waals surface area contributed by atoms with Gasteiger partial charge in [-0.3, -0.25) is 4.79 Å². The van der Waals surface area contributed by atoms with Gasteiger partial charge in [-0.15, -0.1) is 0 Å². The number of amides is 1. The summed E-state index contributed by atoms with van der Waals surface area (Å²) in [6, 6.07) is 7.63. The minimum Gasteiger partial charge on any atom is -0.378 e. The predicted molar refractivity (Wildman–Crippen MR) is 87.9 cm³/mol. The summed E-state index contributed by atoms with van der Waals surface area (Å²) in [5, 5.41) is 24.4. The van der Waals surface area contributed by atoms with Crippen molar-refractivity contribution in [2.24, 2.45) is 11.0 Å². The number of hydrogen-bond donors (Lipinski definition) is 2. The fourth-order valence-corrected chi connectivity index (χ4v) is 3.58. The van der Waals surface area contributed by atoms with E-state index in [1.165, 1.54) is 12.1 Å². The van der Waals surface area contributed by atoms with Gasteiger partial charge in [-0.1, -0.05) is 49.6 Å². The largest absolute Gasteiger partial charge is 0.438 e. The van der Waals surface area contributed by atoms with Crippen LogP contribution in [0, 0.1) is 5.92 Å². The fourth-order valence-electron chi connectivity index (χ4n) is 3.58. The summed E-state index contributed by atoms with van der Waals surface area (Å²) in [5.74, 6) is -1.47. The summed E-state index contributed by atoms with van der Waals surface area (Å²) in [6.07, 6.45) is -3.52. The van der Waals surface area contributed by atoms with E-state index in [1.54, 1.807) is 18.2 Å². The summed E-state index contributed by atoms with van der Waals surface area (Å²) in [4.78, 5) is 12.5. The molecule has 2 N–H and O–H groups in total. The number of aliphatic hydroxyl groups excluding tert-OH is 1. The number of halogens is 3. The minimum absolute atomic E-state index is 0.0363. The molecule has 1 aromatic rings. The third kappa shape index (κ3) is 3.35. The van der Waals surface area contributed by atoms with Crippen LogP contribution in [0.15, 0.2) is 35.4 Å². The molecule has 1 aliphatic heterocycles. The predicted octanol–water partition coefficient (Wildman–Crippen LogP) is 3.14. The van der Waals surface area contributed by atoms with Crippen LogP contribution in [0.4, 0.5) is 13.2 Å². The van der Waals surface area contributed by atoms with Crippen molar-refractivity contribution in [3.63, 3.8) is 0 Å². The van der Waals surface area contributed by atoms with E-state index in [4.69, 9.17) is 0 Å². The van der Waals surface area contributed by atoms with Crippen LogP contribution in [0.25, 0.3) is 0 Å². The lowest BCUT2D eigenvalue weighted by atomic mass is 9.83. The van der Waals surface area contributed by atoms with Gasteiger partial charge in [-0.2, -0.15) is 23.3 Å². The molecule has 2 atom stereocenters. The lowest BCUT2D eigenvalue weighted by molar-refractivity contribution is -0.303. The van der Waals surface area contributed by atoms with Gasteiger partial charge >= 0.3 is 6.18 Å². The number of carbonyl (C=O) groups excluding carboxylic acids is 1. The molecule has 1 heterocycles. The number of aliphatic hydroxyl groups is 2. The second-order valence-corrected chi connectivity index (χ2v) is 6.88. The Labute approximate surface area is 149 Å². The average molecular weight is 370 g/mol. The quantitative estimate of drug-likeness (QED) is 0.859. The highest BCUT2D eigenvalue weighted by atomic mass is 19.4. The molecule has 0 radical (unpaired) electrons. The first-order valence-electron chi connectivity index (χ1n) is 8.67. The number of hydrogen-bond acceptors (Lipinski definition) is 4. The second-order valence-electron chi connectivity index (χ2n) is 6.88. The monoisotopic (exact) mass is 370 g/mol. The molecule has 26 heavy (non-hydrogen) atoms. The Morgan fingerprint density at radius 2 is 1.81 bits per heavy atom. The molecular formula is C18H21F3N2O3. The molecule has 142 valence electrons. The summed E-state index contributed by atoms with van der Waals surface area (Å²) < 4.78 is 40.7. The van der Waals surface area contributed by atoms with Crippen molar-refractivity contribution in [1.29, 1.82) is 0 Å². The van der Waals surface area contributed by atoms with Gasteiger partial charge in [0.05, 0.1) is 0 Å². The maximum atomic E-state index is 13.6. The van der Waals surface area contributed by atoms with Crippen molar-refractivity contribution < 1.29 is 28.2 Å². The Morgan fingerprint density at radius 3 is 2.38 bits per heavy atom. The zero-order valence-electron chi connectivity index (χ0n) is 14.1. The van der Waals surface area contributed by atoms with Crippen LogP contribution in [-0.2, 0) is 4.79 Å². The normalized spacial score (nSPS) is 25.9. The van der Waals surface area contributed by atoms with E-state index >= 15 is 0 Å². The summed E-state index contributed by atoms with van der Waals surface area (Å²) in [7, 11) is 0. The molecule has 1 saturated carbocycles. The molecule has 0 bridgehead atoms. The third-order valence-corrected chi connectivity index (χ3v) is 5.09. The maximum absolute atomic E-state index is 13.6. The molecule has 1 amide bonds. The van der Waals surface area contributed by atoms with Crippen LogP contribution in [0.5, 0.6) is 0 Å². The van der Waals surface area contributed by atoms with Crippen molar-refractivity contribution in [2.75, 3.05) is 0 Å². The van der Waals surface area contributed by atoms with Gasteiger partial charge in [0.15, 0.2) is 6.10 Å². The molecule has 8 heteroatoms. The summed E-state index contributed by atoms with van der Waals surface area (Å²) >= 11 is 0. The van der Waals surface area contributed by atoms with E-state index in [0.717, 1.165) is 19.3 Å². The number of rotatable bonds is 3. The molecule has 1 aliphatic carbocycles. The van der Waals surface area contributed by atoms with Gasteiger partial charge in [0.1, 0.15) is 0 Å². The van der Waals surface area contributed by atoms with Crippen LogP contribution >= 0.6 is 0 Å². The van der Waals surface area contributed by atoms with E-state index in [2.05, 4.69) is 5.10 Å². The Bertz CT molecular complexity index is 687. The average Bonchev–Trinajstić information content (AvgIpc) is 3.01. The zero-order chi connectivity index (χ0) is 18.9. The molecule has 3 rings (SSSR count). The molecule has 1 fully saturated rings. The van der Waals surface area contributed by atoms with Gasteiger partial charge in [-0.25, -0.2) is 0 Å². The highest BCUT2D eigenvalue weighted by Gasteiger charge is 2.64. The fraction of sp³-hybridized carbons (Fsp3) is 0.556. The highest BCUT2D eigenvalue weighted by Crippen LogP contribution is 2.44. The van der Waals surface area contributed by atoms with Gasteiger partial charge < -0.3 is 10.2 Å². The van der Waals surface area contributed by atoms with Gasteiger partial charge in [0.2, 0.25) is 0 Å². The van der Waals surface area contributed by atoms with Crippen molar-refractivity contribution in [3.8, 4) is 0 Å². The number of benzene rings is 1. The van der Waals surface area contributed by atoms with Crippen LogP contribution < -0.4 is 0 Å². The number of carbonyl (C=O) groups is 1. The van der Waals surface area contributed by atoms with E-state index in [-0.39, 0.29) is 22.2 Å². The molecule has 0 aromatic heterocycles. The smallest absolute Gasteiger partial charge is 0.378 e. The molecule has 0 saturated heterocycles. The molecule has 0 unspecified atom stereocenters. The van der Waals surface area contributed by atoms with Crippen LogP contribution in [0.3, 0.4) is 0 Å². The first-order valence-corrected chi connectivity index (χ1v) is 8.67. The number of hydrazone groups is 1. The Kier molecular flexibility index (Phi) is 5.07. The topological polar surface area (TPSA) is 73.1 Å². The number of alkyl halides is 3. The van der Waals surface area contributed by atoms with Crippen molar-refractivity contribution >= 4 is 11.6 Å². The van der Waals surface area contributed by atoms with E-state index in [1.807, 2.05) is 0 Å². The third-order valence-electron chi connectivity index (χ3n) is 5.09. The molecule has 1 aromatic carbocycles. The van der Waals surface area contributed by atoms with E-state index < -0.39 is 30.3 Å². The number of nitrogens with zero attached hydrogens (tertiary/aromatic N) is 2.